The van der Waals surface area contributed by atoms with E-state index in [1.807, 2.05) is 0 Å². The Bertz CT molecular complexity index is 175. The zero-order valence-electron chi connectivity index (χ0n) is 9.17. The van der Waals surface area contributed by atoms with Gasteiger partial charge in [0.15, 0.2) is 0 Å². The maximum atomic E-state index is 5.83. The van der Waals surface area contributed by atoms with Crippen LogP contribution >= 0.6 is 0 Å². The normalized spacial score (nSPS) is 33.2. The second-order valence-corrected chi connectivity index (χ2v) is 4.45. The highest BCUT2D eigenvalue weighted by molar-refractivity contribution is 4.85. The molecule has 0 aliphatic carbocycles. The van der Waals surface area contributed by atoms with Gasteiger partial charge in [-0.05, 0) is 32.4 Å². The standard InChI is InChI=1S/C11H22N2O/c1-2-5-12-7-11-8-13-6-3-4-10(13)9-14-11/h10-12H,2-9H2,1H3. The third-order valence-corrected chi connectivity index (χ3v) is 3.26. The molecule has 14 heavy (non-hydrogen) atoms. The van der Waals surface area contributed by atoms with E-state index in [0.29, 0.717) is 6.10 Å². The molecule has 1 N–H and O–H groups in total. The van der Waals surface area contributed by atoms with Crippen molar-refractivity contribution in [2.24, 2.45) is 0 Å². The number of fused-ring (bicyclic) bond motifs is 1. The monoisotopic (exact) mass is 198 g/mol. The van der Waals surface area contributed by atoms with Crippen LogP contribution in [-0.4, -0.2) is 49.8 Å². The molecule has 2 aliphatic rings. The summed E-state index contributed by atoms with van der Waals surface area (Å²) >= 11 is 0. The van der Waals surface area contributed by atoms with E-state index in [1.165, 1.54) is 25.8 Å². The van der Waals surface area contributed by atoms with Crippen molar-refractivity contribution in [2.75, 3.05) is 32.8 Å². The van der Waals surface area contributed by atoms with Crippen molar-refractivity contribution in [3.63, 3.8) is 0 Å². The van der Waals surface area contributed by atoms with Gasteiger partial charge in [-0.25, -0.2) is 0 Å². The number of morpholine rings is 1. The van der Waals surface area contributed by atoms with E-state index in [-0.39, 0.29) is 0 Å². The van der Waals surface area contributed by atoms with E-state index < -0.39 is 0 Å². The molecule has 0 aromatic carbocycles. The number of ether oxygens (including phenoxy) is 1. The zero-order valence-corrected chi connectivity index (χ0v) is 9.17. The first-order chi connectivity index (χ1) is 6.90. The fraction of sp³-hybridized carbons (Fsp3) is 1.00. The Morgan fingerprint density at radius 2 is 2.43 bits per heavy atom. The van der Waals surface area contributed by atoms with Crippen LogP contribution in [0.25, 0.3) is 0 Å². The lowest BCUT2D eigenvalue weighted by atomic mass is 10.2. The van der Waals surface area contributed by atoms with Gasteiger partial charge < -0.3 is 10.1 Å². The number of hydrogen-bond acceptors (Lipinski definition) is 3. The van der Waals surface area contributed by atoms with Crippen molar-refractivity contribution in [3.8, 4) is 0 Å². The van der Waals surface area contributed by atoms with E-state index >= 15 is 0 Å². The van der Waals surface area contributed by atoms with Crippen molar-refractivity contribution >= 4 is 0 Å². The number of nitrogens with one attached hydrogen (secondary N) is 1. The first-order valence-electron chi connectivity index (χ1n) is 5.96. The van der Waals surface area contributed by atoms with Crippen LogP contribution in [0.5, 0.6) is 0 Å². The molecule has 2 aliphatic heterocycles. The van der Waals surface area contributed by atoms with Crippen LogP contribution in [0.15, 0.2) is 0 Å². The SMILES string of the molecule is CCCNCC1CN2CCCC2CO1. The van der Waals surface area contributed by atoms with Gasteiger partial charge >= 0.3 is 0 Å². The lowest BCUT2D eigenvalue weighted by Crippen LogP contribution is -2.49. The largest absolute Gasteiger partial charge is 0.374 e. The molecular formula is C11H22N2O. The Balaban J connectivity index is 1.69. The van der Waals surface area contributed by atoms with Crippen LogP contribution in [-0.2, 0) is 4.74 Å². The molecule has 0 aromatic heterocycles. The Kier molecular flexibility index (Phi) is 3.79. The van der Waals surface area contributed by atoms with Crippen LogP contribution in [0, 0.1) is 0 Å². The smallest absolute Gasteiger partial charge is 0.0826 e. The predicted octanol–water partition coefficient (Wildman–Crippen LogP) is 0.849. The van der Waals surface area contributed by atoms with Gasteiger partial charge in [0.2, 0.25) is 0 Å². The Morgan fingerprint density at radius 1 is 1.50 bits per heavy atom. The summed E-state index contributed by atoms with van der Waals surface area (Å²) in [5, 5.41) is 3.43. The minimum absolute atomic E-state index is 0.427. The summed E-state index contributed by atoms with van der Waals surface area (Å²) in [6.45, 7) is 7.73. The number of hydrogen-bond donors (Lipinski definition) is 1. The van der Waals surface area contributed by atoms with E-state index in [2.05, 4.69) is 17.1 Å². The summed E-state index contributed by atoms with van der Waals surface area (Å²) in [6.07, 6.45) is 4.34. The molecule has 0 radical (unpaired) electrons. The van der Waals surface area contributed by atoms with Crippen LogP contribution in [0.2, 0.25) is 0 Å². The molecular weight excluding hydrogens is 176 g/mol. The van der Waals surface area contributed by atoms with Gasteiger partial charge in [0.05, 0.1) is 12.7 Å². The quantitative estimate of drug-likeness (QED) is 0.678. The minimum Gasteiger partial charge on any atom is -0.374 e. The second-order valence-electron chi connectivity index (χ2n) is 4.45. The van der Waals surface area contributed by atoms with Gasteiger partial charge in [0.1, 0.15) is 0 Å². The van der Waals surface area contributed by atoms with E-state index in [0.717, 1.165) is 32.3 Å². The van der Waals surface area contributed by atoms with Crippen molar-refractivity contribution < 1.29 is 4.74 Å². The van der Waals surface area contributed by atoms with Gasteiger partial charge in [-0.15, -0.1) is 0 Å². The number of rotatable bonds is 4. The molecule has 3 heteroatoms. The molecule has 82 valence electrons. The van der Waals surface area contributed by atoms with Gasteiger partial charge in [-0.3, -0.25) is 4.90 Å². The number of nitrogens with zero attached hydrogens (tertiary/aromatic N) is 1. The first-order valence-corrected chi connectivity index (χ1v) is 5.96. The fourth-order valence-corrected chi connectivity index (χ4v) is 2.45. The van der Waals surface area contributed by atoms with Crippen LogP contribution in [0.4, 0.5) is 0 Å². The molecule has 2 atom stereocenters. The minimum atomic E-state index is 0.427. The van der Waals surface area contributed by atoms with Crippen molar-refractivity contribution in [1.29, 1.82) is 0 Å². The summed E-state index contributed by atoms with van der Waals surface area (Å²) in [5.41, 5.74) is 0. The van der Waals surface area contributed by atoms with Crippen LogP contribution in [0.3, 0.4) is 0 Å². The van der Waals surface area contributed by atoms with Crippen LogP contribution in [0.1, 0.15) is 26.2 Å². The lowest BCUT2D eigenvalue weighted by Gasteiger charge is -2.35. The Labute approximate surface area is 86.8 Å². The third kappa shape index (κ3) is 2.47. The van der Waals surface area contributed by atoms with Crippen molar-refractivity contribution in [1.82, 2.24) is 10.2 Å². The molecule has 0 amide bonds. The molecule has 0 saturated carbocycles. The fourth-order valence-electron chi connectivity index (χ4n) is 2.45. The molecule has 2 rings (SSSR count). The van der Waals surface area contributed by atoms with E-state index in [4.69, 9.17) is 4.74 Å². The summed E-state index contributed by atoms with van der Waals surface area (Å²) in [5.74, 6) is 0. The summed E-state index contributed by atoms with van der Waals surface area (Å²) in [7, 11) is 0. The van der Waals surface area contributed by atoms with Crippen molar-refractivity contribution in [3.05, 3.63) is 0 Å². The lowest BCUT2D eigenvalue weighted by molar-refractivity contribution is -0.0468. The predicted molar refractivity (Wildman–Crippen MR) is 57.5 cm³/mol. The maximum Gasteiger partial charge on any atom is 0.0826 e. The first kappa shape index (κ1) is 10.4. The average Bonchev–Trinajstić information content (AvgIpc) is 2.65. The topological polar surface area (TPSA) is 24.5 Å². The van der Waals surface area contributed by atoms with E-state index in [9.17, 15) is 0 Å². The molecule has 2 fully saturated rings. The van der Waals surface area contributed by atoms with Gasteiger partial charge in [0.25, 0.3) is 0 Å². The van der Waals surface area contributed by atoms with Gasteiger partial charge in [0, 0.05) is 19.1 Å². The highest BCUT2D eigenvalue weighted by atomic mass is 16.5. The zero-order chi connectivity index (χ0) is 9.80. The molecule has 2 unspecified atom stereocenters. The molecule has 0 spiro atoms. The summed E-state index contributed by atoms with van der Waals surface area (Å²) < 4.78 is 5.83. The average molecular weight is 198 g/mol. The van der Waals surface area contributed by atoms with Gasteiger partial charge in [-0.2, -0.15) is 0 Å². The molecule has 0 bridgehead atoms. The molecule has 2 saturated heterocycles. The molecule has 3 nitrogen and oxygen atoms in total. The third-order valence-electron chi connectivity index (χ3n) is 3.26. The Morgan fingerprint density at radius 3 is 3.29 bits per heavy atom. The van der Waals surface area contributed by atoms with Gasteiger partial charge in [-0.1, -0.05) is 6.92 Å². The summed E-state index contributed by atoms with van der Waals surface area (Å²) in [6, 6.07) is 0.734. The van der Waals surface area contributed by atoms with Crippen LogP contribution < -0.4 is 5.32 Å². The highest BCUT2D eigenvalue weighted by Crippen LogP contribution is 2.22. The highest BCUT2D eigenvalue weighted by Gasteiger charge is 2.31. The second kappa shape index (κ2) is 5.10. The molecule has 0 aromatic rings. The van der Waals surface area contributed by atoms with Crippen molar-refractivity contribution in [2.45, 2.75) is 38.3 Å². The molecule has 2 heterocycles. The van der Waals surface area contributed by atoms with E-state index in [1.54, 1.807) is 0 Å². The summed E-state index contributed by atoms with van der Waals surface area (Å²) in [4.78, 5) is 2.60. The Hall–Kier alpha value is -0.120. The maximum absolute atomic E-state index is 5.83.